The molecule has 4 N–H and O–H groups in total. The van der Waals surface area contributed by atoms with Gasteiger partial charge in [0.05, 0.1) is 11.3 Å². The summed E-state index contributed by atoms with van der Waals surface area (Å²) in [4.78, 5) is 0.0805. The van der Waals surface area contributed by atoms with E-state index in [1.807, 2.05) is 0 Å². The van der Waals surface area contributed by atoms with Crippen LogP contribution in [-0.4, -0.2) is 25.7 Å². The Balaban J connectivity index is 3.01. The number of benzene rings is 1. The number of aryl methyl sites for hydroxylation is 1. The molecule has 5 nitrogen and oxygen atoms in total. The zero-order chi connectivity index (χ0) is 14.0. The molecule has 102 valence electrons. The van der Waals surface area contributed by atoms with Crippen molar-refractivity contribution in [1.82, 2.24) is 4.72 Å². The number of sulfonamides is 1. The Morgan fingerprint density at radius 3 is 2.56 bits per heavy atom. The van der Waals surface area contributed by atoms with Crippen molar-refractivity contribution in [3.05, 3.63) is 23.8 Å². The van der Waals surface area contributed by atoms with Gasteiger partial charge in [0, 0.05) is 6.54 Å². The van der Waals surface area contributed by atoms with E-state index in [-0.39, 0.29) is 17.1 Å². The number of rotatable bonds is 5. The van der Waals surface area contributed by atoms with Crippen LogP contribution in [0.15, 0.2) is 23.1 Å². The number of nitrogens with two attached hydrogens (primary N) is 1. The van der Waals surface area contributed by atoms with Gasteiger partial charge in [-0.25, -0.2) is 13.1 Å². The molecule has 0 saturated heterocycles. The summed E-state index contributed by atoms with van der Waals surface area (Å²) in [6.45, 7) is 5.01. The van der Waals surface area contributed by atoms with Gasteiger partial charge in [-0.2, -0.15) is 0 Å². The van der Waals surface area contributed by atoms with Crippen molar-refractivity contribution in [3.8, 4) is 0 Å². The second kappa shape index (κ2) is 5.26. The Morgan fingerprint density at radius 1 is 1.44 bits per heavy atom. The normalized spacial score (nSPS) is 15.3. The molecule has 1 rings (SSSR count). The van der Waals surface area contributed by atoms with Crippen LogP contribution in [-0.2, 0) is 10.0 Å². The van der Waals surface area contributed by atoms with Crippen LogP contribution in [0.3, 0.4) is 0 Å². The smallest absolute Gasteiger partial charge is 0.242 e. The van der Waals surface area contributed by atoms with E-state index in [0.29, 0.717) is 12.0 Å². The fraction of sp³-hybridized carbons (Fsp3) is 0.500. The minimum absolute atomic E-state index is 0.0421. The first-order valence-corrected chi connectivity index (χ1v) is 7.25. The van der Waals surface area contributed by atoms with Gasteiger partial charge in [0.1, 0.15) is 4.90 Å². The van der Waals surface area contributed by atoms with Gasteiger partial charge in [-0.15, -0.1) is 0 Å². The van der Waals surface area contributed by atoms with E-state index in [1.54, 1.807) is 39.0 Å². The molecule has 1 aromatic carbocycles. The van der Waals surface area contributed by atoms with E-state index < -0.39 is 15.6 Å². The van der Waals surface area contributed by atoms with Crippen LogP contribution < -0.4 is 10.5 Å². The first kappa shape index (κ1) is 14.9. The Kier molecular flexibility index (Phi) is 4.37. The minimum atomic E-state index is -3.70. The molecule has 0 saturated carbocycles. The molecular formula is C12H20N2O3S. The fourth-order valence-electron chi connectivity index (χ4n) is 1.49. The lowest BCUT2D eigenvalue weighted by Gasteiger charge is -2.22. The molecule has 1 aromatic rings. The zero-order valence-corrected chi connectivity index (χ0v) is 11.7. The monoisotopic (exact) mass is 272 g/mol. The summed E-state index contributed by atoms with van der Waals surface area (Å²) in [5.74, 6) is 0. The first-order chi connectivity index (χ1) is 8.19. The molecule has 0 spiro atoms. The van der Waals surface area contributed by atoms with Crippen molar-refractivity contribution >= 4 is 15.7 Å². The van der Waals surface area contributed by atoms with Gasteiger partial charge in [-0.1, -0.05) is 19.1 Å². The summed E-state index contributed by atoms with van der Waals surface area (Å²) in [6, 6.07) is 4.92. The number of nitrogens with one attached hydrogen (secondary N) is 1. The van der Waals surface area contributed by atoms with Gasteiger partial charge in [0.2, 0.25) is 10.0 Å². The maximum Gasteiger partial charge on any atom is 0.242 e. The van der Waals surface area contributed by atoms with E-state index in [9.17, 15) is 13.5 Å². The number of hydrogen-bond acceptors (Lipinski definition) is 4. The summed E-state index contributed by atoms with van der Waals surface area (Å²) >= 11 is 0. The molecule has 1 atom stereocenters. The van der Waals surface area contributed by atoms with Crippen LogP contribution in [0.1, 0.15) is 25.8 Å². The fourth-order valence-corrected chi connectivity index (χ4v) is 3.01. The van der Waals surface area contributed by atoms with Crippen LogP contribution in [0, 0.1) is 6.92 Å². The molecule has 0 fully saturated rings. The molecule has 0 aliphatic rings. The standard InChI is InChI=1S/C12H20N2O3S/c1-4-12(3,15)8-14-18(16,17)11-9(2)6-5-7-10(11)13/h5-7,14-15H,4,8,13H2,1-3H3. The Labute approximate surface area is 108 Å². The number of aliphatic hydroxyl groups is 1. The molecule has 0 radical (unpaired) electrons. The predicted octanol–water partition coefficient (Wildman–Crippen LogP) is 1.02. The van der Waals surface area contributed by atoms with Gasteiger partial charge in [0.25, 0.3) is 0 Å². The minimum Gasteiger partial charge on any atom is -0.398 e. The summed E-state index contributed by atoms with van der Waals surface area (Å²) in [6.07, 6.45) is 0.457. The molecule has 0 heterocycles. The van der Waals surface area contributed by atoms with Crippen molar-refractivity contribution in [1.29, 1.82) is 0 Å². The maximum absolute atomic E-state index is 12.1. The molecule has 0 amide bonds. The summed E-state index contributed by atoms with van der Waals surface area (Å²) < 4.78 is 26.7. The number of nitrogen functional groups attached to an aromatic ring is 1. The SMILES string of the molecule is CCC(C)(O)CNS(=O)(=O)c1c(C)cccc1N. The Bertz CT molecular complexity index is 504. The molecule has 18 heavy (non-hydrogen) atoms. The average Bonchev–Trinajstić information content (AvgIpc) is 2.26. The van der Waals surface area contributed by atoms with Crippen molar-refractivity contribution in [2.45, 2.75) is 37.7 Å². The molecule has 6 heteroatoms. The van der Waals surface area contributed by atoms with Crippen molar-refractivity contribution in [2.75, 3.05) is 12.3 Å². The van der Waals surface area contributed by atoms with Crippen LogP contribution in [0.5, 0.6) is 0 Å². The maximum atomic E-state index is 12.1. The molecule has 0 aliphatic carbocycles. The van der Waals surface area contributed by atoms with Crippen LogP contribution >= 0.6 is 0 Å². The predicted molar refractivity (Wildman–Crippen MR) is 71.7 cm³/mol. The molecular weight excluding hydrogens is 252 g/mol. The second-order valence-electron chi connectivity index (χ2n) is 4.67. The highest BCUT2D eigenvalue weighted by Crippen LogP contribution is 2.22. The van der Waals surface area contributed by atoms with Crippen LogP contribution in [0.4, 0.5) is 5.69 Å². The number of anilines is 1. The molecule has 1 unspecified atom stereocenters. The van der Waals surface area contributed by atoms with Crippen molar-refractivity contribution in [2.24, 2.45) is 0 Å². The lowest BCUT2D eigenvalue weighted by molar-refractivity contribution is 0.0613. The van der Waals surface area contributed by atoms with Crippen molar-refractivity contribution in [3.63, 3.8) is 0 Å². The Morgan fingerprint density at radius 2 is 2.06 bits per heavy atom. The third kappa shape index (κ3) is 3.44. The molecule has 0 bridgehead atoms. The van der Waals surface area contributed by atoms with Gasteiger partial charge in [-0.05, 0) is 31.9 Å². The highest BCUT2D eigenvalue weighted by Gasteiger charge is 2.24. The third-order valence-corrected chi connectivity index (χ3v) is 4.54. The first-order valence-electron chi connectivity index (χ1n) is 5.77. The third-order valence-electron chi connectivity index (χ3n) is 2.92. The van der Waals surface area contributed by atoms with Gasteiger partial charge < -0.3 is 10.8 Å². The average molecular weight is 272 g/mol. The van der Waals surface area contributed by atoms with E-state index in [1.165, 1.54) is 0 Å². The summed E-state index contributed by atoms with van der Waals surface area (Å²) in [5.41, 5.74) is 5.42. The molecule has 0 aliphatic heterocycles. The highest BCUT2D eigenvalue weighted by atomic mass is 32.2. The lowest BCUT2D eigenvalue weighted by atomic mass is 10.1. The van der Waals surface area contributed by atoms with Crippen LogP contribution in [0.25, 0.3) is 0 Å². The van der Waals surface area contributed by atoms with E-state index in [4.69, 9.17) is 5.73 Å². The van der Waals surface area contributed by atoms with Crippen molar-refractivity contribution < 1.29 is 13.5 Å². The topological polar surface area (TPSA) is 92.4 Å². The highest BCUT2D eigenvalue weighted by molar-refractivity contribution is 7.89. The van der Waals surface area contributed by atoms with Crippen LogP contribution in [0.2, 0.25) is 0 Å². The van der Waals surface area contributed by atoms with Gasteiger partial charge in [-0.3, -0.25) is 0 Å². The number of hydrogen-bond donors (Lipinski definition) is 3. The Hall–Kier alpha value is -1.11. The summed E-state index contributed by atoms with van der Waals surface area (Å²) in [7, 11) is -3.70. The van der Waals surface area contributed by atoms with Gasteiger partial charge >= 0.3 is 0 Å². The van der Waals surface area contributed by atoms with E-state index in [2.05, 4.69) is 4.72 Å². The zero-order valence-electron chi connectivity index (χ0n) is 10.9. The molecule has 0 aromatic heterocycles. The summed E-state index contributed by atoms with van der Waals surface area (Å²) in [5, 5.41) is 9.81. The second-order valence-corrected chi connectivity index (χ2v) is 6.37. The van der Waals surface area contributed by atoms with E-state index in [0.717, 1.165) is 0 Å². The van der Waals surface area contributed by atoms with E-state index >= 15 is 0 Å². The lowest BCUT2D eigenvalue weighted by Crippen LogP contribution is -2.40. The largest absolute Gasteiger partial charge is 0.398 e. The quantitative estimate of drug-likeness (QED) is 0.698. The van der Waals surface area contributed by atoms with Gasteiger partial charge in [0.15, 0.2) is 0 Å².